The Morgan fingerprint density at radius 1 is 1.07 bits per heavy atom. The monoisotopic (exact) mass is 393 g/mol. The van der Waals surface area contributed by atoms with Crippen molar-refractivity contribution in [1.29, 1.82) is 0 Å². The second-order valence-corrected chi connectivity index (χ2v) is 6.42. The van der Waals surface area contributed by atoms with Gasteiger partial charge < -0.3 is 4.42 Å². The number of hydroxylamine groups is 1. The fraction of sp³-hybridized carbons (Fsp3) is 0.0476. The SMILES string of the molecule is O=C(NOCc1ccccc1)c1cc(-c2ccco2)n(-c2ccc(Cl)cc2)n1. The third-order valence-corrected chi connectivity index (χ3v) is 4.29. The van der Waals surface area contributed by atoms with Crippen molar-refractivity contribution in [3.05, 3.63) is 95.3 Å². The number of hydrogen-bond acceptors (Lipinski definition) is 4. The van der Waals surface area contributed by atoms with Crippen LogP contribution in [-0.2, 0) is 11.4 Å². The minimum absolute atomic E-state index is 0.203. The molecule has 6 nitrogen and oxygen atoms in total. The largest absolute Gasteiger partial charge is 0.463 e. The first-order valence-corrected chi connectivity index (χ1v) is 8.94. The molecule has 4 rings (SSSR count). The summed E-state index contributed by atoms with van der Waals surface area (Å²) < 4.78 is 7.11. The van der Waals surface area contributed by atoms with Crippen molar-refractivity contribution in [1.82, 2.24) is 15.3 Å². The van der Waals surface area contributed by atoms with Crippen LogP contribution in [0.15, 0.2) is 83.5 Å². The Hall–Kier alpha value is -3.35. The highest BCUT2D eigenvalue weighted by Crippen LogP contribution is 2.25. The van der Waals surface area contributed by atoms with Gasteiger partial charge in [-0.3, -0.25) is 9.63 Å². The first kappa shape index (κ1) is 18.0. The summed E-state index contributed by atoms with van der Waals surface area (Å²) >= 11 is 5.97. The molecule has 0 saturated carbocycles. The maximum atomic E-state index is 12.5. The van der Waals surface area contributed by atoms with Crippen LogP contribution in [-0.4, -0.2) is 15.7 Å². The number of amides is 1. The van der Waals surface area contributed by atoms with E-state index in [-0.39, 0.29) is 12.3 Å². The molecule has 7 heteroatoms. The maximum absolute atomic E-state index is 12.5. The predicted molar refractivity (Wildman–Crippen MR) is 105 cm³/mol. The molecule has 1 amide bonds. The number of aromatic nitrogens is 2. The number of nitrogens with zero attached hydrogens (tertiary/aromatic N) is 2. The lowest BCUT2D eigenvalue weighted by molar-refractivity contribution is 0.0229. The number of carbonyl (C=O) groups excluding carboxylic acids is 1. The molecule has 1 N–H and O–H groups in total. The molecule has 0 aliphatic rings. The van der Waals surface area contributed by atoms with Gasteiger partial charge in [0.1, 0.15) is 5.69 Å². The van der Waals surface area contributed by atoms with Crippen LogP contribution >= 0.6 is 11.6 Å². The van der Waals surface area contributed by atoms with Crippen molar-refractivity contribution < 1.29 is 14.0 Å². The van der Waals surface area contributed by atoms with Gasteiger partial charge in [-0.1, -0.05) is 41.9 Å². The molecule has 28 heavy (non-hydrogen) atoms. The van der Waals surface area contributed by atoms with Crippen LogP contribution in [0, 0.1) is 0 Å². The molecule has 0 unspecified atom stereocenters. The first-order valence-electron chi connectivity index (χ1n) is 8.56. The minimum atomic E-state index is -0.448. The Morgan fingerprint density at radius 2 is 1.86 bits per heavy atom. The van der Waals surface area contributed by atoms with E-state index < -0.39 is 5.91 Å². The molecule has 2 aromatic heterocycles. The second-order valence-electron chi connectivity index (χ2n) is 5.99. The molecule has 0 saturated heterocycles. The van der Waals surface area contributed by atoms with Crippen LogP contribution in [0.5, 0.6) is 0 Å². The lowest BCUT2D eigenvalue weighted by atomic mass is 10.2. The van der Waals surface area contributed by atoms with Crippen LogP contribution in [0.1, 0.15) is 16.1 Å². The summed E-state index contributed by atoms with van der Waals surface area (Å²) in [5.41, 5.74) is 4.97. The van der Waals surface area contributed by atoms with Crippen molar-refractivity contribution in [3.8, 4) is 17.1 Å². The molecular formula is C21H16ClN3O3. The standard InChI is InChI=1S/C21H16ClN3O3/c22-16-8-10-17(11-9-16)25-19(20-7-4-12-27-20)13-18(23-25)21(26)24-28-14-15-5-2-1-3-6-15/h1-13H,14H2,(H,24,26). The van der Waals surface area contributed by atoms with Gasteiger partial charge in [0, 0.05) is 11.1 Å². The van der Waals surface area contributed by atoms with E-state index in [1.807, 2.05) is 42.5 Å². The summed E-state index contributed by atoms with van der Waals surface area (Å²) in [4.78, 5) is 17.8. The van der Waals surface area contributed by atoms with Crippen molar-refractivity contribution in [2.45, 2.75) is 6.61 Å². The number of benzene rings is 2. The lowest BCUT2D eigenvalue weighted by Gasteiger charge is -2.06. The zero-order valence-corrected chi connectivity index (χ0v) is 15.5. The van der Waals surface area contributed by atoms with E-state index in [0.29, 0.717) is 16.5 Å². The number of rotatable bonds is 6. The minimum Gasteiger partial charge on any atom is -0.463 e. The summed E-state index contributed by atoms with van der Waals surface area (Å²) in [6.45, 7) is 0.259. The number of furan rings is 1. The Morgan fingerprint density at radius 3 is 2.57 bits per heavy atom. The highest BCUT2D eigenvalue weighted by Gasteiger charge is 2.18. The van der Waals surface area contributed by atoms with Crippen molar-refractivity contribution in [2.24, 2.45) is 0 Å². The van der Waals surface area contributed by atoms with Gasteiger partial charge in [-0.2, -0.15) is 5.10 Å². The van der Waals surface area contributed by atoms with Gasteiger partial charge in [0.05, 0.1) is 18.6 Å². The number of hydrogen-bond donors (Lipinski definition) is 1. The van der Waals surface area contributed by atoms with E-state index in [9.17, 15) is 4.79 Å². The van der Waals surface area contributed by atoms with Gasteiger partial charge >= 0.3 is 0 Å². The molecule has 0 aliphatic carbocycles. The Bertz CT molecular complexity index is 1060. The fourth-order valence-electron chi connectivity index (χ4n) is 2.68. The van der Waals surface area contributed by atoms with Crippen LogP contribution in [0.2, 0.25) is 5.02 Å². The predicted octanol–water partition coefficient (Wildman–Crippen LogP) is 4.65. The van der Waals surface area contributed by atoms with E-state index in [0.717, 1.165) is 11.3 Å². The fourth-order valence-corrected chi connectivity index (χ4v) is 2.81. The molecular weight excluding hydrogens is 378 g/mol. The molecule has 0 atom stereocenters. The molecule has 0 fully saturated rings. The summed E-state index contributed by atoms with van der Waals surface area (Å²) in [5, 5.41) is 5.03. The molecule has 2 aromatic carbocycles. The molecule has 2 heterocycles. The number of halogens is 1. The van der Waals surface area contributed by atoms with E-state index in [4.69, 9.17) is 20.9 Å². The Balaban J connectivity index is 1.56. The summed E-state index contributed by atoms with van der Waals surface area (Å²) in [5.74, 6) is 0.142. The van der Waals surface area contributed by atoms with Crippen molar-refractivity contribution >= 4 is 17.5 Å². The molecule has 0 aliphatic heterocycles. The zero-order chi connectivity index (χ0) is 19.3. The van der Waals surface area contributed by atoms with Crippen LogP contribution in [0.3, 0.4) is 0 Å². The van der Waals surface area contributed by atoms with Gasteiger partial charge in [-0.25, -0.2) is 10.2 Å². The van der Waals surface area contributed by atoms with Gasteiger partial charge in [-0.05, 0) is 42.0 Å². The van der Waals surface area contributed by atoms with Gasteiger partial charge in [0.2, 0.25) is 0 Å². The van der Waals surface area contributed by atoms with Gasteiger partial charge in [0.15, 0.2) is 11.5 Å². The smallest absolute Gasteiger partial charge is 0.295 e. The quantitative estimate of drug-likeness (QED) is 0.484. The normalized spacial score (nSPS) is 10.8. The van der Waals surface area contributed by atoms with Crippen LogP contribution in [0.25, 0.3) is 17.1 Å². The topological polar surface area (TPSA) is 69.3 Å². The number of carbonyl (C=O) groups is 1. The highest BCUT2D eigenvalue weighted by molar-refractivity contribution is 6.30. The maximum Gasteiger partial charge on any atom is 0.295 e. The van der Waals surface area contributed by atoms with E-state index in [2.05, 4.69) is 10.6 Å². The van der Waals surface area contributed by atoms with Crippen molar-refractivity contribution in [2.75, 3.05) is 0 Å². The highest BCUT2D eigenvalue weighted by atomic mass is 35.5. The summed E-state index contributed by atoms with van der Waals surface area (Å²) in [7, 11) is 0. The average Bonchev–Trinajstić information content (AvgIpc) is 3.39. The van der Waals surface area contributed by atoms with Crippen molar-refractivity contribution in [3.63, 3.8) is 0 Å². The molecule has 0 radical (unpaired) electrons. The molecule has 0 spiro atoms. The van der Waals surface area contributed by atoms with E-state index >= 15 is 0 Å². The molecule has 140 valence electrons. The van der Waals surface area contributed by atoms with Gasteiger partial charge in [-0.15, -0.1) is 0 Å². The Labute approximate surface area is 166 Å². The van der Waals surface area contributed by atoms with Crippen LogP contribution < -0.4 is 5.48 Å². The van der Waals surface area contributed by atoms with Gasteiger partial charge in [0.25, 0.3) is 5.91 Å². The lowest BCUT2D eigenvalue weighted by Crippen LogP contribution is -2.24. The van der Waals surface area contributed by atoms with E-state index in [1.54, 1.807) is 41.3 Å². The second kappa shape index (κ2) is 8.12. The summed E-state index contributed by atoms with van der Waals surface area (Å²) in [6, 6.07) is 21.9. The average molecular weight is 394 g/mol. The third kappa shape index (κ3) is 3.98. The Kier molecular flexibility index (Phi) is 5.23. The molecule has 0 bridgehead atoms. The van der Waals surface area contributed by atoms with E-state index in [1.165, 1.54) is 0 Å². The molecule has 4 aromatic rings. The van der Waals surface area contributed by atoms with Crippen LogP contribution in [0.4, 0.5) is 0 Å². The summed E-state index contributed by atoms with van der Waals surface area (Å²) in [6.07, 6.45) is 1.57. The third-order valence-electron chi connectivity index (χ3n) is 4.03. The first-order chi connectivity index (χ1) is 13.7. The number of nitrogens with one attached hydrogen (secondary N) is 1. The zero-order valence-electron chi connectivity index (χ0n) is 14.7.